The molecule has 0 fully saturated rings. The van der Waals surface area contributed by atoms with Gasteiger partial charge in [-0.3, -0.25) is 0 Å². The highest BCUT2D eigenvalue weighted by molar-refractivity contribution is 5.68. The second-order valence-electron chi connectivity index (χ2n) is 5.72. The van der Waals surface area contributed by atoms with Crippen molar-refractivity contribution in [1.29, 1.82) is 0 Å². The van der Waals surface area contributed by atoms with Gasteiger partial charge in [0, 0.05) is 0 Å². The molecule has 0 aromatic heterocycles. The number of unbranched alkanes of at least 4 members (excludes halogenated alkanes) is 4. The van der Waals surface area contributed by atoms with E-state index in [1.165, 1.54) is 56.9 Å². The van der Waals surface area contributed by atoms with E-state index in [0.717, 1.165) is 6.42 Å². The Kier molecular flexibility index (Phi) is 9.11. The molecule has 0 unspecified atom stereocenters. The summed E-state index contributed by atoms with van der Waals surface area (Å²) in [6.45, 7) is 6.89. The molecule has 0 aliphatic carbocycles. The second kappa shape index (κ2) is 10.7. The molecule has 0 heterocycles. The van der Waals surface area contributed by atoms with Gasteiger partial charge in [-0.05, 0) is 43.2 Å². The molecule has 1 aromatic carbocycles. The third-order valence-corrected chi connectivity index (χ3v) is 4.07. The average Bonchev–Trinajstić information content (AvgIpc) is 2.50. The Hall–Kier alpha value is -1.04. The van der Waals surface area contributed by atoms with Crippen LogP contribution in [0.2, 0.25) is 0 Å². The molecular formula is C20H32. The zero-order chi connectivity index (χ0) is 14.6. The predicted octanol–water partition coefficient (Wildman–Crippen LogP) is 7.01. The van der Waals surface area contributed by atoms with Crippen LogP contribution >= 0.6 is 0 Å². The van der Waals surface area contributed by atoms with Crippen LogP contribution in [0, 0.1) is 0 Å². The van der Waals surface area contributed by atoms with Crippen LogP contribution in [0.5, 0.6) is 0 Å². The van der Waals surface area contributed by atoms with Gasteiger partial charge in [0.2, 0.25) is 0 Å². The molecule has 0 spiro atoms. The molecule has 0 amide bonds. The van der Waals surface area contributed by atoms with Gasteiger partial charge in [-0.2, -0.15) is 0 Å². The topological polar surface area (TPSA) is 0 Å². The van der Waals surface area contributed by atoms with Crippen LogP contribution in [0.1, 0.15) is 84.1 Å². The Morgan fingerprint density at radius 1 is 0.750 bits per heavy atom. The van der Waals surface area contributed by atoms with Crippen LogP contribution in [0.15, 0.2) is 35.9 Å². The normalized spacial score (nSPS) is 12.3. The fourth-order valence-electron chi connectivity index (χ4n) is 2.88. The Morgan fingerprint density at radius 3 is 2.00 bits per heavy atom. The van der Waals surface area contributed by atoms with Gasteiger partial charge in [0.15, 0.2) is 0 Å². The molecule has 0 heteroatoms. The highest BCUT2D eigenvalue weighted by atomic mass is 14.1. The first kappa shape index (κ1) is 17.0. The van der Waals surface area contributed by atoms with Gasteiger partial charge in [0.25, 0.3) is 0 Å². The summed E-state index contributed by atoms with van der Waals surface area (Å²) >= 11 is 0. The van der Waals surface area contributed by atoms with Crippen molar-refractivity contribution in [3.8, 4) is 0 Å². The summed E-state index contributed by atoms with van der Waals surface area (Å²) in [4.78, 5) is 0. The molecule has 0 radical (unpaired) electrons. The molecule has 0 nitrogen and oxygen atoms in total. The molecule has 0 aliphatic heterocycles. The van der Waals surface area contributed by atoms with Gasteiger partial charge < -0.3 is 0 Å². The van der Waals surface area contributed by atoms with Crippen molar-refractivity contribution in [2.45, 2.75) is 78.6 Å². The predicted molar refractivity (Wildman–Crippen MR) is 91.9 cm³/mol. The zero-order valence-electron chi connectivity index (χ0n) is 13.8. The number of hydrogen-bond donors (Lipinski definition) is 0. The van der Waals surface area contributed by atoms with E-state index in [2.05, 4.69) is 51.1 Å². The third kappa shape index (κ3) is 5.94. The molecule has 112 valence electrons. The molecule has 0 aliphatic rings. The van der Waals surface area contributed by atoms with E-state index in [1.54, 1.807) is 11.1 Å². The lowest BCUT2D eigenvalue weighted by molar-refractivity contribution is 0.645. The van der Waals surface area contributed by atoms with Gasteiger partial charge in [-0.25, -0.2) is 0 Å². The minimum atomic E-state index is 1.16. The molecule has 0 N–H and O–H groups in total. The molecule has 0 saturated carbocycles. The molecule has 1 aromatic rings. The Labute approximate surface area is 126 Å². The molecule has 20 heavy (non-hydrogen) atoms. The van der Waals surface area contributed by atoms with E-state index in [0.29, 0.717) is 0 Å². The van der Waals surface area contributed by atoms with Crippen LogP contribution in [0.4, 0.5) is 0 Å². The van der Waals surface area contributed by atoms with Gasteiger partial charge >= 0.3 is 0 Å². The Bertz CT molecular complexity index is 372. The molecule has 1 rings (SSSR count). The molecular weight excluding hydrogens is 240 g/mol. The van der Waals surface area contributed by atoms with Crippen molar-refractivity contribution in [2.75, 3.05) is 0 Å². The first-order valence-corrected chi connectivity index (χ1v) is 8.59. The smallest absolute Gasteiger partial charge is 0.0225 e. The number of rotatable bonds is 10. The van der Waals surface area contributed by atoms with E-state index >= 15 is 0 Å². The third-order valence-electron chi connectivity index (χ3n) is 4.07. The highest BCUT2D eigenvalue weighted by Gasteiger charge is 2.07. The van der Waals surface area contributed by atoms with Crippen LogP contribution in [0.25, 0.3) is 5.57 Å². The van der Waals surface area contributed by atoms with Gasteiger partial charge in [0.05, 0.1) is 0 Å². The van der Waals surface area contributed by atoms with Crippen LogP contribution in [-0.4, -0.2) is 0 Å². The quantitative estimate of drug-likeness (QED) is 0.402. The highest BCUT2D eigenvalue weighted by Crippen LogP contribution is 2.29. The number of hydrogen-bond acceptors (Lipinski definition) is 0. The lowest BCUT2D eigenvalue weighted by Gasteiger charge is -2.15. The fourth-order valence-corrected chi connectivity index (χ4v) is 2.88. The van der Waals surface area contributed by atoms with E-state index in [9.17, 15) is 0 Å². The van der Waals surface area contributed by atoms with Gasteiger partial charge in [-0.1, -0.05) is 82.4 Å². The summed E-state index contributed by atoms with van der Waals surface area (Å²) in [6.07, 6.45) is 11.8. The van der Waals surface area contributed by atoms with Crippen molar-refractivity contribution in [3.05, 3.63) is 41.5 Å². The fraction of sp³-hybridized carbons (Fsp3) is 0.600. The maximum atomic E-state index is 2.31. The number of benzene rings is 1. The standard InChI is InChI=1S/C20H32/c1-4-7-9-11-15-18(14-8-5-2)20(6-3)19-16-12-10-13-17-19/h10,12-13,16-17H,4-9,11,14-15H2,1-3H3/b20-18-. The summed E-state index contributed by atoms with van der Waals surface area (Å²) in [5, 5.41) is 0. The van der Waals surface area contributed by atoms with Crippen LogP contribution in [-0.2, 0) is 0 Å². The number of allylic oxidation sites excluding steroid dienone is 2. The average molecular weight is 272 g/mol. The lowest BCUT2D eigenvalue weighted by atomic mass is 9.91. The van der Waals surface area contributed by atoms with Crippen LogP contribution in [0.3, 0.4) is 0 Å². The summed E-state index contributed by atoms with van der Waals surface area (Å²) in [6, 6.07) is 11.0. The largest absolute Gasteiger partial charge is 0.0664 e. The van der Waals surface area contributed by atoms with Crippen molar-refractivity contribution < 1.29 is 0 Å². The summed E-state index contributed by atoms with van der Waals surface area (Å²) in [7, 11) is 0. The molecule has 0 saturated heterocycles. The van der Waals surface area contributed by atoms with E-state index < -0.39 is 0 Å². The summed E-state index contributed by atoms with van der Waals surface area (Å²) < 4.78 is 0. The SMILES string of the molecule is CCCCCC/C(CCCC)=C(/CC)c1ccccc1. The van der Waals surface area contributed by atoms with E-state index in [4.69, 9.17) is 0 Å². The van der Waals surface area contributed by atoms with Crippen molar-refractivity contribution in [2.24, 2.45) is 0 Å². The molecule has 0 atom stereocenters. The van der Waals surface area contributed by atoms with Crippen molar-refractivity contribution >= 4 is 5.57 Å². The first-order chi connectivity index (χ1) is 9.83. The Balaban J connectivity index is 2.82. The second-order valence-corrected chi connectivity index (χ2v) is 5.72. The minimum absolute atomic E-state index is 1.16. The van der Waals surface area contributed by atoms with E-state index in [1.807, 2.05) is 0 Å². The maximum absolute atomic E-state index is 2.31. The van der Waals surface area contributed by atoms with Gasteiger partial charge in [0.1, 0.15) is 0 Å². The van der Waals surface area contributed by atoms with Crippen molar-refractivity contribution in [1.82, 2.24) is 0 Å². The Morgan fingerprint density at radius 2 is 1.40 bits per heavy atom. The van der Waals surface area contributed by atoms with Crippen molar-refractivity contribution in [3.63, 3.8) is 0 Å². The summed E-state index contributed by atoms with van der Waals surface area (Å²) in [5.74, 6) is 0. The first-order valence-electron chi connectivity index (χ1n) is 8.59. The maximum Gasteiger partial charge on any atom is -0.0225 e. The minimum Gasteiger partial charge on any atom is -0.0664 e. The van der Waals surface area contributed by atoms with Crippen LogP contribution < -0.4 is 0 Å². The van der Waals surface area contributed by atoms with E-state index in [-0.39, 0.29) is 0 Å². The summed E-state index contributed by atoms with van der Waals surface area (Å²) in [5.41, 5.74) is 4.77. The monoisotopic (exact) mass is 272 g/mol. The van der Waals surface area contributed by atoms with Gasteiger partial charge in [-0.15, -0.1) is 0 Å². The molecule has 0 bridgehead atoms. The zero-order valence-corrected chi connectivity index (χ0v) is 13.8. The lowest BCUT2D eigenvalue weighted by Crippen LogP contribution is -1.94.